The molecule has 1 nitrogen and oxygen atoms in total. The largest absolute Gasteiger partial charge is 0.299 e. The fraction of sp³-hybridized carbons (Fsp3) is 0.900. The summed E-state index contributed by atoms with van der Waals surface area (Å²) in [6.07, 6.45) is 2.41. The Morgan fingerprint density at radius 2 is 2.00 bits per heavy atom. The summed E-state index contributed by atoms with van der Waals surface area (Å²) in [4.78, 5) is 11.5. The average molecular weight is 189 g/mol. The van der Waals surface area contributed by atoms with Crippen LogP contribution in [-0.4, -0.2) is 11.2 Å². The van der Waals surface area contributed by atoms with Crippen molar-refractivity contribution in [3.63, 3.8) is 0 Å². The number of rotatable bonds is 0. The van der Waals surface area contributed by atoms with Gasteiger partial charge in [-0.3, -0.25) is 4.79 Å². The minimum absolute atomic E-state index is 0.0879. The Morgan fingerprint density at radius 1 is 1.42 bits per heavy atom. The maximum absolute atomic E-state index is 11.5. The number of carbonyl (C=O) groups excluding carboxylic acids is 1. The van der Waals surface area contributed by atoms with E-state index in [-0.39, 0.29) is 16.7 Å². The zero-order chi connectivity index (χ0) is 9.35. The molecule has 0 amide bonds. The van der Waals surface area contributed by atoms with Gasteiger partial charge >= 0.3 is 0 Å². The number of halogens is 1. The van der Waals surface area contributed by atoms with Gasteiger partial charge in [0.15, 0.2) is 0 Å². The van der Waals surface area contributed by atoms with E-state index in [0.29, 0.717) is 12.2 Å². The van der Waals surface area contributed by atoms with Crippen LogP contribution in [-0.2, 0) is 4.79 Å². The van der Waals surface area contributed by atoms with Gasteiger partial charge in [-0.1, -0.05) is 20.8 Å². The van der Waals surface area contributed by atoms with Gasteiger partial charge in [0.2, 0.25) is 0 Å². The lowest BCUT2D eigenvalue weighted by Gasteiger charge is -2.34. The SMILES string of the molecule is CC(C)(C)C1CC(Cl)CCC1=O. The zero-order valence-electron chi connectivity index (χ0n) is 8.06. The lowest BCUT2D eigenvalue weighted by Crippen LogP contribution is -2.34. The van der Waals surface area contributed by atoms with Crippen molar-refractivity contribution in [2.75, 3.05) is 0 Å². The normalized spacial score (nSPS) is 32.2. The molecule has 0 bridgehead atoms. The highest BCUT2D eigenvalue weighted by Gasteiger charge is 2.35. The maximum Gasteiger partial charge on any atom is 0.136 e. The van der Waals surface area contributed by atoms with Gasteiger partial charge in [-0.25, -0.2) is 0 Å². The van der Waals surface area contributed by atoms with Crippen LogP contribution in [0.2, 0.25) is 0 Å². The molecular weight excluding hydrogens is 172 g/mol. The summed E-state index contributed by atoms with van der Waals surface area (Å²) in [5.41, 5.74) is 0.0879. The van der Waals surface area contributed by atoms with Crippen LogP contribution in [0.25, 0.3) is 0 Å². The Morgan fingerprint density at radius 3 is 2.42 bits per heavy atom. The van der Waals surface area contributed by atoms with Gasteiger partial charge in [-0.15, -0.1) is 11.6 Å². The first-order chi connectivity index (χ1) is 5.41. The van der Waals surface area contributed by atoms with Crippen LogP contribution in [0.3, 0.4) is 0 Å². The van der Waals surface area contributed by atoms with E-state index in [1.165, 1.54) is 0 Å². The topological polar surface area (TPSA) is 17.1 Å². The van der Waals surface area contributed by atoms with E-state index in [1.54, 1.807) is 0 Å². The minimum Gasteiger partial charge on any atom is -0.299 e. The molecule has 2 unspecified atom stereocenters. The lowest BCUT2D eigenvalue weighted by atomic mass is 9.71. The fourth-order valence-electron chi connectivity index (χ4n) is 1.81. The monoisotopic (exact) mass is 188 g/mol. The van der Waals surface area contributed by atoms with Gasteiger partial charge in [0.25, 0.3) is 0 Å². The molecule has 0 spiro atoms. The van der Waals surface area contributed by atoms with Crippen molar-refractivity contribution in [3.8, 4) is 0 Å². The number of Topliss-reactive ketones (excluding diaryl/α,β-unsaturated/α-hetero) is 1. The molecule has 1 aliphatic carbocycles. The molecule has 0 N–H and O–H groups in total. The van der Waals surface area contributed by atoms with Crippen LogP contribution in [0.15, 0.2) is 0 Å². The summed E-state index contributed by atoms with van der Waals surface area (Å²) in [5.74, 6) is 0.577. The third-order valence-corrected chi connectivity index (χ3v) is 3.03. The molecule has 2 heteroatoms. The highest BCUT2D eigenvalue weighted by molar-refractivity contribution is 6.21. The van der Waals surface area contributed by atoms with Crippen molar-refractivity contribution in [2.45, 2.75) is 45.4 Å². The van der Waals surface area contributed by atoms with Crippen LogP contribution in [0.4, 0.5) is 0 Å². The lowest BCUT2D eigenvalue weighted by molar-refractivity contribution is -0.127. The smallest absolute Gasteiger partial charge is 0.136 e. The van der Waals surface area contributed by atoms with Crippen LogP contribution >= 0.6 is 11.6 Å². The summed E-state index contributed by atoms with van der Waals surface area (Å²) < 4.78 is 0. The molecule has 70 valence electrons. The molecule has 0 heterocycles. The predicted molar refractivity (Wildman–Crippen MR) is 51.4 cm³/mol. The quantitative estimate of drug-likeness (QED) is 0.535. The van der Waals surface area contributed by atoms with E-state index in [1.807, 2.05) is 0 Å². The first kappa shape index (κ1) is 10.0. The molecule has 1 rings (SSSR count). The molecule has 0 saturated heterocycles. The van der Waals surface area contributed by atoms with E-state index in [9.17, 15) is 4.79 Å². The molecule has 0 radical (unpaired) electrons. The summed E-state index contributed by atoms with van der Waals surface area (Å²) in [6.45, 7) is 6.35. The van der Waals surface area contributed by atoms with E-state index >= 15 is 0 Å². The Hall–Kier alpha value is -0.0400. The first-order valence-electron chi connectivity index (χ1n) is 4.58. The van der Waals surface area contributed by atoms with Crippen molar-refractivity contribution in [1.82, 2.24) is 0 Å². The first-order valence-corrected chi connectivity index (χ1v) is 5.01. The summed E-state index contributed by atoms with van der Waals surface area (Å²) in [7, 11) is 0. The van der Waals surface area contributed by atoms with Gasteiger partial charge in [-0.2, -0.15) is 0 Å². The van der Waals surface area contributed by atoms with Crippen LogP contribution < -0.4 is 0 Å². The second-order valence-electron chi connectivity index (χ2n) is 4.76. The number of ketones is 1. The van der Waals surface area contributed by atoms with Crippen LogP contribution in [0, 0.1) is 11.3 Å². The van der Waals surface area contributed by atoms with Gasteiger partial charge in [-0.05, 0) is 18.3 Å². The number of hydrogen-bond acceptors (Lipinski definition) is 1. The molecule has 1 aliphatic rings. The zero-order valence-corrected chi connectivity index (χ0v) is 8.82. The molecule has 1 fully saturated rings. The standard InChI is InChI=1S/C10H17ClO/c1-10(2,3)8-6-7(11)4-5-9(8)12/h7-8H,4-6H2,1-3H3. The number of carbonyl (C=O) groups is 1. The molecule has 0 aliphatic heterocycles. The molecule has 1 saturated carbocycles. The Labute approximate surface area is 79.5 Å². The maximum atomic E-state index is 11.5. The van der Waals surface area contributed by atoms with Crippen LogP contribution in [0.1, 0.15) is 40.0 Å². The van der Waals surface area contributed by atoms with Gasteiger partial charge in [0.1, 0.15) is 5.78 Å². The number of alkyl halides is 1. The molecule has 0 aromatic heterocycles. The summed E-state index contributed by atoms with van der Waals surface area (Å²) >= 11 is 6.03. The highest BCUT2D eigenvalue weighted by atomic mass is 35.5. The molecular formula is C10H17ClO. The van der Waals surface area contributed by atoms with E-state index in [4.69, 9.17) is 11.6 Å². The summed E-state index contributed by atoms with van der Waals surface area (Å²) in [5, 5.41) is 0.215. The molecule has 2 atom stereocenters. The predicted octanol–water partition coefficient (Wildman–Crippen LogP) is 3.01. The fourth-order valence-corrected chi connectivity index (χ4v) is 2.10. The van der Waals surface area contributed by atoms with Gasteiger partial charge in [0, 0.05) is 17.7 Å². The second kappa shape index (κ2) is 3.37. The third-order valence-electron chi connectivity index (χ3n) is 2.63. The minimum atomic E-state index is 0.0879. The Bertz CT molecular complexity index is 181. The van der Waals surface area contributed by atoms with Crippen molar-refractivity contribution in [3.05, 3.63) is 0 Å². The van der Waals surface area contributed by atoms with Crippen molar-refractivity contribution in [2.24, 2.45) is 11.3 Å². The van der Waals surface area contributed by atoms with E-state index in [2.05, 4.69) is 20.8 Å². The second-order valence-corrected chi connectivity index (χ2v) is 5.37. The molecule has 0 aromatic rings. The Balaban J connectivity index is 2.68. The summed E-state index contributed by atoms with van der Waals surface area (Å²) in [6, 6.07) is 0. The van der Waals surface area contributed by atoms with Crippen molar-refractivity contribution < 1.29 is 4.79 Å². The van der Waals surface area contributed by atoms with Crippen molar-refractivity contribution in [1.29, 1.82) is 0 Å². The van der Waals surface area contributed by atoms with E-state index in [0.717, 1.165) is 12.8 Å². The van der Waals surface area contributed by atoms with Gasteiger partial charge in [0.05, 0.1) is 0 Å². The van der Waals surface area contributed by atoms with Crippen LogP contribution in [0.5, 0.6) is 0 Å². The number of hydrogen-bond donors (Lipinski definition) is 0. The average Bonchev–Trinajstić information content (AvgIpc) is 1.92. The van der Waals surface area contributed by atoms with Crippen molar-refractivity contribution >= 4 is 17.4 Å². The third kappa shape index (κ3) is 2.22. The van der Waals surface area contributed by atoms with E-state index < -0.39 is 0 Å². The van der Waals surface area contributed by atoms with Gasteiger partial charge < -0.3 is 0 Å². The molecule has 12 heavy (non-hydrogen) atoms. The molecule has 0 aromatic carbocycles. The highest BCUT2D eigenvalue weighted by Crippen LogP contribution is 2.37. The Kier molecular flexibility index (Phi) is 2.82.